The molecule has 0 spiro atoms. The summed E-state index contributed by atoms with van der Waals surface area (Å²) in [7, 11) is 3.57. The van der Waals surface area contributed by atoms with Crippen molar-refractivity contribution in [2.75, 3.05) is 20.7 Å². The first kappa shape index (κ1) is 15.8. The van der Waals surface area contributed by atoms with Crippen molar-refractivity contribution < 1.29 is 9.53 Å². The Bertz CT molecular complexity index is 483. The number of para-hydroxylation sites is 1. The largest absolute Gasteiger partial charge is 0.496 e. The Hall–Kier alpha value is -1.55. The van der Waals surface area contributed by atoms with Crippen molar-refractivity contribution in [3.63, 3.8) is 0 Å². The molecule has 1 fully saturated rings. The SMILES string of the molecule is COc1ccccc1CN(CC(=O)N(C)C(C)C)C1CC1. The maximum absolute atomic E-state index is 12.3. The van der Waals surface area contributed by atoms with Crippen LogP contribution in [-0.4, -0.2) is 48.5 Å². The van der Waals surface area contributed by atoms with Crippen LogP contribution < -0.4 is 4.74 Å². The van der Waals surface area contributed by atoms with Crippen LogP contribution in [0.1, 0.15) is 32.3 Å². The fourth-order valence-corrected chi connectivity index (χ4v) is 2.38. The van der Waals surface area contributed by atoms with Crippen molar-refractivity contribution in [1.82, 2.24) is 9.80 Å². The predicted molar refractivity (Wildman–Crippen MR) is 84.3 cm³/mol. The zero-order valence-corrected chi connectivity index (χ0v) is 13.5. The summed E-state index contributed by atoms with van der Waals surface area (Å²) in [5, 5.41) is 0. The molecular weight excluding hydrogens is 264 g/mol. The number of rotatable bonds is 7. The van der Waals surface area contributed by atoms with Gasteiger partial charge < -0.3 is 9.64 Å². The first-order valence-electron chi connectivity index (χ1n) is 7.64. The highest BCUT2D eigenvalue weighted by Gasteiger charge is 2.31. The quantitative estimate of drug-likeness (QED) is 0.773. The van der Waals surface area contributed by atoms with Crippen molar-refractivity contribution in [3.8, 4) is 5.75 Å². The van der Waals surface area contributed by atoms with Crippen LogP contribution in [0.15, 0.2) is 24.3 Å². The normalized spacial score (nSPS) is 14.6. The highest BCUT2D eigenvalue weighted by molar-refractivity contribution is 5.78. The fraction of sp³-hybridized carbons (Fsp3) is 0.588. The number of methoxy groups -OCH3 is 1. The lowest BCUT2D eigenvalue weighted by atomic mass is 10.2. The minimum Gasteiger partial charge on any atom is -0.496 e. The summed E-state index contributed by atoms with van der Waals surface area (Å²) in [4.78, 5) is 16.4. The Labute approximate surface area is 127 Å². The van der Waals surface area contributed by atoms with Gasteiger partial charge in [-0.15, -0.1) is 0 Å². The van der Waals surface area contributed by atoms with Crippen LogP contribution in [0.5, 0.6) is 5.75 Å². The Balaban J connectivity index is 2.04. The Morgan fingerprint density at radius 2 is 2.00 bits per heavy atom. The molecule has 0 aromatic heterocycles. The molecule has 116 valence electrons. The smallest absolute Gasteiger partial charge is 0.236 e. The summed E-state index contributed by atoms with van der Waals surface area (Å²) in [5.74, 6) is 1.08. The van der Waals surface area contributed by atoms with Gasteiger partial charge in [0.1, 0.15) is 5.75 Å². The van der Waals surface area contributed by atoms with Crippen LogP contribution in [0.25, 0.3) is 0 Å². The lowest BCUT2D eigenvalue weighted by molar-refractivity contribution is -0.132. The van der Waals surface area contributed by atoms with Crippen LogP contribution in [0, 0.1) is 0 Å². The van der Waals surface area contributed by atoms with Crippen molar-refractivity contribution in [2.45, 2.75) is 45.3 Å². The minimum atomic E-state index is 0.187. The number of hydrogen-bond donors (Lipinski definition) is 0. The molecule has 1 aromatic carbocycles. The number of amides is 1. The zero-order chi connectivity index (χ0) is 15.4. The third-order valence-corrected chi connectivity index (χ3v) is 4.14. The van der Waals surface area contributed by atoms with E-state index in [1.165, 1.54) is 12.8 Å². The Kier molecular flexibility index (Phi) is 5.23. The van der Waals surface area contributed by atoms with Gasteiger partial charge in [-0.25, -0.2) is 0 Å². The van der Waals surface area contributed by atoms with Crippen molar-refractivity contribution in [2.24, 2.45) is 0 Å². The predicted octanol–water partition coefficient (Wildman–Crippen LogP) is 2.53. The summed E-state index contributed by atoms with van der Waals surface area (Å²) < 4.78 is 5.42. The molecule has 0 N–H and O–H groups in total. The molecule has 4 heteroatoms. The van der Waals surface area contributed by atoms with Gasteiger partial charge in [-0.2, -0.15) is 0 Å². The molecule has 0 unspecified atom stereocenters. The Morgan fingerprint density at radius 1 is 1.33 bits per heavy atom. The molecule has 1 saturated carbocycles. The number of likely N-dealkylation sites (N-methyl/N-ethyl adjacent to an activating group) is 1. The van der Waals surface area contributed by atoms with Gasteiger partial charge in [0.05, 0.1) is 13.7 Å². The van der Waals surface area contributed by atoms with Crippen LogP contribution in [-0.2, 0) is 11.3 Å². The molecule has 0 saturated heterocycles. The van der Waals surface area contributed by atoms with Gasteiger partial charge >= 0.3 is 0 Å². The van der Waals surface area contributed by atoms with Crippen LogP contribution >= 0.6 is 0 Å². The first-order valence-corrected chi connectivity index (χ1v) is 7.64. The summed E-state index contributed by atoms with van der Waals surface area (Å²) in [6, 6.07) is 8.82. The van der Waals surface area contributed by atoms with Gasteiger partial charge in [0.2, 0.25) is 5.91 Å². The van der Waals surface area contributed by atoms with Crippen LogP contribution in [0.2, 0.25) is 0 Å². The summed E-state index contributed by atoms with van der Waals surface area (Å²) in [6.45, 7) is 5.34. The van der Waals surface area contributed by atoms with E-state index in [-0.39, 0.29) is 11.9 Å². The number of ether oxygens (including phenoxy) is 1. The minimum absolute atomic E-state index is 0.187. The van der Waals surface area contributed by atoms with Gasteiger partial charge in [-0.05, 0) is 32.8 Å². The average molecular weight is 290 g/mol. The average Bonchev–Trinajstić information content (AvgIpc) is 3.30. The molecule has 1 aliphatic rings. The topological polar surface area (TPSA) is 32.8 Å². The summed E-state index contributed by atoms with van der Waals surface area (Å²) >= 11 is 0. The van der Waals surface area contributed by atoms with E-state index < -0.39 is 0 Å². The molecule has 1 amide bonds. The van der Waals surface area contributed by atoms with Crippen LogP contribution in [0.3, 0.4) is 0 Å². The van der Waals surface area contributed by atoms with Gasteiger partial charge in [0.25, 0.3) is 0 Å². The number of carbonyl (C=O) groups excluding carboxylic acids is 1. The van der Waals surface area contributed by atoms with Crippen molar-refractivity contribution in [1.29, 1.82) is 0 Å². The first-order chi connectivity index (χ1) is 10.0. The zero-order valence-electron chi connectivity index (χ0n) is 13.5. The third kappa shape index (κ3) is 4.21. The molecule has 1 aliphatic carbocycles. The number of carbonyl (C=O) groups is 1. The second-order valence-corrected chi connectivity index (χ2v) is 6.05. The van der Waals surface area contributed by atoms with Gasteiger partial charge in [0.15, 0.2) is 0 Å². The molecule has 4 nitrogen and oxygen atoms in total. The maximum atomic E-state index is 12.3. The van der Waals surface area contributed by atoms with Crippen LogP contribution in [0.4, 0.5) is 0 Å². The van der Waals surface area contributed by atoms with Gasteiger partial charge in [0, 0.05) is 31.2 Å². The highest BCUT2D eigenvalue weighted by atomic mass is 16.5. The number of benzene rings is 1. The van der Waals surface area contributed by atoms with E-state index in [0.717, 1.165) is 17.9 Å². The lowest BCUT2D eigenvalue weighted by Gasteiger charge is -2.27. The summed E-state index contributed by atoms with van der Waals surface area (Å²) in [6.07, 6.45) is 2.38. The van der Waals surface area contributed by atoms with E-state index in [4.69, 9.17) is 4.74 Å². The van der Waals surface area contributed by atoms with E-state index >= 15 is 0 Å². The van der Waals surface area contributed by atoms with E-state index in [1.54, 1.807) is 7.11 Å². The molecule has 0 bridgehead atoms. The Morgan fingerprint density at radius 3 is 2.57 bits per heavy atom. The number of nitrogens with zero attached hydrogens (tertiary/aromatic N) is 2. The van der Waals surface area contributed by atoms with Gasteiger partial charge in [-0.1, -0.05) is 18.2 Å². The maximum Gasteiger partial charge on any atom is 0.236 e. The van der Waals surface area contributed by atoms with E-state index in [1.807, 2.05) is 44.0 Å². The lowest BCUT2D eigenvalue weighted by Crippen LogP contribution is -2.42. The highest BCUT2D eigenvalue weighted by Crippen LogP contribution is 2.30. The molecule has 0 atom stereocenters. The second-order valence-electron chi connectivity index (χ2n) is 6.05. The molecular formula is C17H26N2O2. The second kappa shape index (κ2) is 6.94. The molecule has 0 aliphatic heterocycles. The molecule has 0 radical (unpaired) electrons. The van der Waals surface area contributed by atoms with Gasteiger partial charge in [-0.3, -0.25) is 9.69 Å². The van der Waals surface area contributed by atoms with Crippen molar-refractivity contribution in [3.05, 3.63) is 29.8 Å². The third-order valence-electron chi connectivity index (χ3n) is 4.14. The summed E-state index contributed by atoms with van der Waals surface area (Å²) in [5.41, 5.74) is 1.15. The van der Waals surface area contributed by atoms with Crippen molar-refractivity contribution >= 4 is 5.91 Å². The molecule has 21 heavy (non-hydrogen) atoms. The number of hydrogen-bond acceptors (Lipinski definition) is 3. The van der Waals surface area contributed by atoms with E-state index in [9.17, 15) is 4.79 Å². The standard InChI is InChI=1S/C17H26N2O2/c1-13(2)18(3)17(20)12-19(15-9-10-15)11-14-7-5-6-8-16(14)21-4/h5-8,13,15H,9-12H2,1-4H3. The molecule has 2 rings (SSSR count). The molecule has 1 aromatic rings. The van der Waals surface area contributed by atoms with E-state index in [0.29, 0.717) is 12.6 Å². The fourth-order valence-electron chi connectivity index (χ4n) is 2.38. The van der Waals surface area contributed by atoms with E-state index in [2.05, 4.69) is 11.0 Å². The molecule has 0 heterocycles. The monoisotopic (exact) mass is 290 g/mol.